The van der Waals surface area contributed by atoms with E-state index in [1.165, 1.54) is 0 Å². The summed E-state index contributed by atoms with van der Waals surface area (Å²) >= 11 is 0. The van der Waals surface area contributed by atoms with E-state index in [1.807, 2.05) is 60.7 Å². The predicted octanol–water partition coefficient (Wildman–Crippen LogP) is 5.71. The van der Waals surface area contributed by atoms with Crippen molar-refractivity contribution in [2.24, 2.45) is 10.9 Å². The number of esters is 1. The predicted molar refractivity (Wildman–Crippen MR) is 124 cm³/mol. The third-order valence-corrected chi connectivity index (χ3v) is 6.90. The van der Waals surface area contributed by atoms with E-state index < -0.39 is 19.3 Å². The van der Waals surface area contributed by atoms with Crippen LogP contribution in [-0.2, 0) is 23.1 Å². The van der Waals surface area contributed by atoms with Gasteiger partial charge in [-0.2, -0.15) is 0 Å². The molecule has 31 heavy (non-hydrogen) atoms. The smallest absolute Gasteiger partial charge is 0.354 e. The van der Waals surface area contributed by atoms with Crippen LogP contribution in [-0.4, -0.2) is 37.3 Å². The van der Waals surface area contributed by atoms with Crippen LogP contribution in [0.2, 0.25) is 0 Å². The molecule has 2 aromatic carbocycles. The van der Waals surface area contributed by atoms with Gasteiger partial charge >= 0.3 is 13.6 Å². The fourth-order valence-corrected chi connectivity index (χ4v) is 5.15. The highest BCUT2D eigenvalue weighted by atomic mass is 31.2. The number of rotatable bonds is 12. The van der Waals surface area contributed by atoms with E-state index in [0.717, 1.165) is 11.1 Å². The third-order valence-electron chi connectivity index (χ3n) is 4.61. The highest BCUT2D eigenvalue weighted by molar-refractivity contribution is 7.54. The van der Waals surface area contributed by atoms with Gasteiger partial charge in [-0.1, -0.05) is 67.6 Å². The standard InChI is InChI=1S/C24H32NO5P/c1-5-28-24(26)19(4)18-22(31(27,29-6-2)30-7-3)25-23(20-14-10-8-11-15-20)21-16-12-9-13-17-21/h8-17,19,22H,5-7,18H2,1-4H3. The monoisotopic (exact) mass is 445 g/mol. The SMILES string of the molecule is CCOC(=O)C(C)CC(N=C(c1ccccc1)c1ccccc1)P(=O)(OCC)OCC. The molecule has 2 atom stereocenters. The number of aliphatic imine (C=N–C) groups is 1. The zero-order chi connectivity index (χ0) is 22.7. The van der Waals surface area contributed by atoms with Gasteiger partial charge in [-0.25, -0.2) is 0 Å². The fourth-order valence-electron chi connectivity index (χ4n) is 3.18. The van der Waals surface area contributed by atoms with Crippen molar-refractivity contribution in [1.82, 2.24) is 0 Å². The second-order valence-electron chi connectivity index (χ2n) is 6.95. The van der Waals surface area contributed by atoms with Crippen molar-refractivity contribution in [1.29, 1.82) is 0 Å². The lowest BCUT2D eigenvalue weighted by Crippen LogP contribution is -2.23. The van der Waals surface area contributed by atoms with E-state index in [0.29, 0.717) is 5.71 Å². The number of nitrogens with zero attached hydrogens (tertiary/aromatic N) is 1. The number of carbonyl (C=O) groups is 1. The van der Waals surface area contributed by atoms with Crippen molar-refractivity contribution in [2.45, 2.75) is 39.9 Å². The van der Waals surface area contributed by atoms with Crippen LogP contribution in [0.25, 0.3) is 0 Å². The number of hydrogen-bond donors (Lipinski definition) is 0. The van der Waals surface area contributed by atoms with E-state index in [-0.39, 0.29) is 32.2 Å². The number of carbonyl (C=O) groups excluding carboxylic acids is 1. The Morgan fingerprint density at radius 2 is 1.35 bits per heavy atom. The van der Waals surface area contributed by atoms with E-state index in [1.54, 1.807) is 27.7 Å². The van der Waals surface area contributed by atoms with Crippen molar-refractivity contribution in [2.75, 3.05) is 19.8 Å². The molecule has 7 heteroatoms. The van der Waals surface area contributed by atoms with Crippen molar-refractivity contribution in [3.05, 3.63) is 71.8 Å². The highest BCUT2D eigenvalue weighted by Crippen LogP contribution is 2.55. The van der Waals surface area contributed by atoms with Crippen molar-refractivity contribution in [3.63, 3.8) is 0 Å². The molecule has 2 rings (SSSR count). The minimum atomic E-state index is -3.63. The van der Waals surface area contributed by atoms with Crippen LogP contribution in [0.3, 0.4) is 0 Å². The molecule has 0 saturated heterocycles. The summed E-state index contributed by atoms with van der Waals surface area (Å²) in [7, 11) is -3.63. The topological polar surface area (TPSA) is 74.2 Å². The molecule has 0 aliphatic carbocycles. The van der Waals surface area contributed by atoms with Gasteiger partial charge in [0.05, 0.1) is 31.5 Å². The Morgan fingerprint density at radius 3 is 1.77 bits per heavy atom. The normalized spacial score (nSPS) is 13.3. The maximum atomic E-state index is 13.7. The van der Waals surface area contributed by atoms with Crippen LogP contribution in [0, 0.1) is 5.92 Å². The second kappa shape index (κ2) is 12.6. The molecule has 0 fully saturated rings. The summed E-state index contributed by atoms with van der Waals surface area (Å²) in [5.74, 6) is -1.74. The molecule has 2 unspecified atom stereocenters. The summed E-state index contributed by atoms with van der Waals surface area (Å²) in [5, 5.41) is 0. The van der Waals surface area contributed by atoms with Crippen molar-refractivity contribution in [3.8, 4) is 0 Å². The Hall–Kier alpha value is -2.27. The summed E-state index contributed by atoms with van der Waals surface area (Å²) in [6.07, 6.45) is 0.180. The Kier molecular flexibility index (Phi) is 10.1. The van der Waals surface area contributed by atoms with Crippen molar-refractivity contribution < 1.29 is 23.1 Å². The lowest BCUT2D eigenvalue weighted by Gasteiger charge is -2.26. The first-order chi connectivity index (χ1) is 14.9. The van der Waals surface area contributed by atoms with E-state index >= 15 is 0 Å². The summed E-state index contributed by atoms with van der Waals surface area (Å²) in [4.78, 5) is 17.2. The molecule has 0 bridgehead atoms. The first-order valence-electron chi connectivity index (χ1n) is 10.7. The zero-order valence-corrected chi connectivity index (χ0v) is 19.6. The average Bonchev–Trinajstić information content (AvgIpc) is 2.78. The zero-order valence-electron chi connectivity index (χ0n) is 18.7. The van der Waals surface area contributed by atoms with Crippen LogP contribution in [0.4, 0.5) is 0 Å². The fraction of sp³-hybridized carbons (Fsp3) is 0.417. The van der Waals surface area contributed by atoms with Gasteiger partial charge in [0.15, 0.2) is 5.78 Å². The van der Waals surface area contributed by atoms with E-state index in [9.17, 15) is 9.36 Å². The molecule has 0 aliphatic heterocycles. The van der Waals surface area contributed by atoms with Crippen molar-refractivity contribution >= 4 is 19.3 Å². The van der Waals surface area contributed by atoms with Gasteiger partial charge in [0.2, 0.25) is 0 Å². The minimum absolute atomic E-state index is 0.180. The van der Waals surface area contributed by atoms with Crippen LogP contribution < -0.4 is 0 Å². The average molecular weight is 445 g/mol. The lowest BCUT2D eigenvalue weighted by atomic mass is 10.0. The van der Waals surface area contributed by atoms with Gasteiger partial charge in [-0.3, -0.25) is 14.4 Å². The Labute approximate surface area is 185 Å². The molecule has 2 aromatic rings. The maximum absolute atomic E-state index is 13.7. The minimum Gasteiger partial charge on any atom is -0.466 e. The third kappa shape index (κ3) is 7.13. The number of ether oxygens (including phenoxy) is 1. The largest absolute Gasteiger partial charge is 0.466 e. The molecule has 0 amide bonds. The lowest BCUT2D eigenvalue weighted by molar-refractivity contribution is -0.147. The summed E-state index contributed by atoms with van der Waals surface area (Å²) in [6.45, 7) is 7.73. The van der Waals surface area contributed by atoms with Gasteiger partial charge in [0, 0.05) is 11.1 Å². The van der Waals surface area contributed by atoms with E-state index in [4.69, 9.17) is 18.8 Å². The van der Waals surface area contributed by atoms with Gasteiger partial charge in [0.25, 0.3) is 0 Å². The Morgan fingerprint density at radius 1 is 0.871 bits per heavy atom. The highest BCUT2D eigenvalue weighted by Gasteiger charge is 2.38. The molecule has 0 saturated carbocycles. The quantitative estimate of drug-likeness (QED) is 0.238. The number of benzene rings is 2. The van der Waals surface area contributed by atoms with Crippen LogP contribution in [0.15, 0.2) is 65.7 Å². The first-order valence-corrected chi connectivity index (χ1v) is 12.3. The Bertz CT molecular complexity index is 834. The van der Waals surface area contributed by atoms with Gasteiger partial charge in [-0.15, -0.1) is 0 Å². The molecule has 0 aliphatic rings. The van der Waals surface area contributed by atoms with Gasteiger partial charge in [-0.05, 0) is 27.2 Å². The molecule has 0 spiro atoms. The van der Waals surface area contributed by atoms with E-state index in [2.05, 4.69) is 0 Å². The first kappa shape index (κ1) is 25.0. The molecular formula is C24H32NO5P. The molecule has 6 nitrogen and oxygen atoms in total. The number of hydrogen-bond acceptors (Lipinski definition) is 6. The second-order valence-corrected chi connectivity index (χ2v) is 9.15. The summed E-state index contributed by atoms with van der Waals surface area (Å²) < 4.78 is 30.1. The molecule has 168 valence electrons. The molecular weight excluding hydrogens is 413 g/mol. The van der Waals surface area contributed by atoms with Crippen LogP contribution in [0.5, 0.6) is 0 Å². The Balaban J connectivity index is 2.58. The summed E-state index contributed by atoms with van der Waals surface area (Å²) in [5.41, 5.74) is 2.42. The molecule has 0 N–H and O–H groups in total. The van der Waals surface area contributed by atoms with Crippen LogP contribution >= 0.6 is 7.60 Å². The molecule has 0 radical (unpaired) electrons. The van der Waals surface area contributed by atoms with Crippen LogP contribution in [0.1, 0.15) is 45.2 Å². The molecule has 0 heterocycles. The summed E-state index contributed by atoms with van der Waals surface area (Å²) in [6, 6.07) is 19.4. The molecule has 0 aromatic heterocycles. The van der Waals surface area contributed by atoms with Gasteiger partial charge in [0.1, 0.15) is 0 Å². The van der Waals surface area contributed by atoms with Gasteiger partial charge < -0.3 is 13.8 Å². The maximum Gasteiger partial charge on any atom is 0.354 e.